The Morgan fingerprint density at radius 2 is 2.21 bits per heavy atom. The first-order valence-corrected chi connectivity index (χ1v) is 6.45. The Morgan fingerprint density at radius 3 is 2.79 bits per heavy atom. The maximum Gasteiger partial charge on any atom is 0.307 e. The van der Waals surface area contributed by atoms with Gasteiger partial charge in [0.1, 0.15) is 17.7 Å². The van der Waals surface area contributed by atoms with E-state index < -0.39 is 11.9 Å². The number of hydrogen-bond acceptors (Lipinski definition) is 2. The molecule has 0 bridgehead atoms. The van der Waals surface area contributed by atoms with Crippen LogP contribution in [0.15, 0.2) is 18.2 Å². The average Bonchev–Trinajstić information content (AvgIpc) is 2.65. The summed E-state index contributed by atoms with van der Waals surface area (Å²) in [5.41, 5.74) is 0.498. The molecule has 1 aliphatic heterocycles. The third kappa shape index (κ3) is 3.06. The Morgan fingerprint density at radius 1 is 1.53 bits per heavy atom. The first kappa shape index (κ1) is 13.8. The molecule has 0 saturated heterocycles. The van der Waals surface area contributed by atoms with E-state index >= 15 is 0 Å². The number of carboxylic acids is 1. The highest BCUT2D eigenvalue weighted by Crippen LogP contribution is 2.36. The van der Waals surface area contributed by atoms with Crippen molar-refractivity contribution in [3.8, 4) is 5.75 Å². The van der Waals surface area contributed by atoms with E-state index in [0.29, 0.717) is 18.6 Å². The molecule has 0 saturated carbocycles. The van der Waals surface area contributed by atoms with Gasteiger partial charge in [0.05, 0.1) is 5.92 Å². The molecule has 2 unspecified atom stereocenters. The summed E-state index contributed by atoms with van der Waals surface area (Å²) in [5, 5.41) is 9.31. The third-order valence-electron chi connectivity index (χ3n) is 3.61. The molecule has 0 amide bonds. The molecule has 19 heavy (non-hydrogen) atoms. The normalized spacial score (nSPS) is 19.7. The molecular weight excluding hydrogens is 247 g/mol. The van der Waals surface area contributed by atoms with Crippen LogP contribution in [-0.4, -0.2) is 17.2 Å². The summed E-state index contributed by atoms with van der Waals surface area (Å²) in [7, 11) is 0. The van der Waals surface area contributed by atoms with Crippen molar-refractivity contribution in [2.45, 2.75) is 39.7 Å². The highest BCUT2D eigenvalue weighted by atomic mass is 19.1. The van der Waals surface area contributed by atoms with Crippen molar-refractivity contribution in [1.29, 1.82) is 0 Å². The number of ether oxygens (including phenoxy) is 1. The Balaban J connectivity index is 2.09. The molecule has 0 radical (unpaired) electrons. The Bertz CT molecular complexity index is 491. The fraction of sp³-hybridized carbons (Fsp3) is 0.533. The van der Waals surface area contributed by atoms with E-state index in [4.69, 9.17) is 4.74 Å². The van der Waals surface area contributed by atoms with Crippen LogP contribution < -0.4 is 4.74 Å². The van der Waals surface area contributed by atoms with Gasteiger partial charge in [0.15, 0.2) is 0 Å². The minimum atomic E-state index is -0.807. The second kappa shape index (κ2) is 4.83. The van der Waals surface area contributed by atoms with Gasteiger partial charge in [-0.2, -0.15) is 0 Å². The lowest BCUT2D eigenvalue weighted by atomic mass is 9.77. The molecule has 0 fully saturated rings. The summed E-state index contributed by atoms with van der Waals surface area (Å²) in [6.07, 6.45) is 0.833. The highest BCUT2D eigenvalue weighted by molar-refractivity contribution is 5.71. The fourth-order valence-corrected chi connectivity index (χ4v) is 2.51. The Kier molecular flexibility index (Phi) is 3.52. The van der Waals surface area contributed by atoms with Gasteiger partial charge in [0.25, 0.3) is 0 Å². The van der Waals surface area contributed by atoms with Crippen LogP contribution in [0.1, 0.15) is 32.8 Å². The molecule has 0 spiro atoms. The summed E-state index contributed by atoms with van der Waals surface area (Å²) >= 11 is 0. The molecule has 2 atom stereocenters. The number of carbonyl (C=O) groups is 1. The minimum absolute atomic E-state index is 0.183. The van der Waals surface area contributed by atoms with Gasteiger partial charge in [-0.05, 0) is 30.0 Å². The molecule has 0 aromatic heterocycles. The molecule has 1 N–H and O–H groups in total. The number of hydrogen-bond donors (Lipinski definition) is 1. The molecule has 1 aromatic carbocycles. The molecule has 1 aromatic rings. The van der Waals surface area contributed by atoms with Gasteiger partial charge in [-0.15, -0.1) is 0 Å². The quantitative estimate of drug-likeness (QED) is 0.913. The zero-order valence-electron chi connectivity index (χ0n) is 11.4. The van der Waals surface area contributed by atoms with Crippen molar-refractivity contribution >= 4 is 5.97 Å². The number of rotatable bonds is 3. The van der Waals surface area contributed by atoms with Crippen molar-refractivity contribution in [3.05, 3.63) is 29.6 Å². The van der Waals surface area contributed by atoms with Crippen molar-refractivity contribution in [2.75, 3.05) is 0 Å². The zero-order chi connectivity index (χ0) is 14.2. The first-order chi connectivity index (χ1) is 8.77. The van der Waals surface area contributed by atoms with Crippen LogP contribution in [-0.2, 0) is 11.2 Å². The van der Waals surface area contributed by atoms with Gasteiger partial charge >= 0.3 is 5.97 Å². The monoisotopic (exact) mass is 266 g/mol. The van der Waals surface area contributed by atoms with Crippen LogP contribution in [0.4, 0.5) is 4.39 Å². The van der Waals surface area contributed by atoms with Gasteiger partial charge in [-0.1, -0.05) is 20.8 Å². The molecule has 3 nitrogen and oxygen atoms in total. The second-order valence-corrected chi connectivity index (χ2v) is 6.19. The zero-order valence-corrected chi connectivity index (χ0v) is 11.4. The van der Waals surface area contributed by atoms with Crippen LogP contribution in [0, 0.1) is 17.2 Å². The van der Waals surface area contributed by atoms with Crippen LogP contribution in [0.2, 0.25) is 0 Å². The predicted molar refractivity (Wildman–Crippen MR) is 69.7 cm³/mol. The van der Waals surface area contributed by atoms with Crippen molar-refractivity contribution in [3.63, 3.8) is 0 Å². The number of halogens is 1. The Hall–Kier alpha value is -1.58. The smallest absolute Gasteiger partial charge is 0.307 e. The van der Waals surface area contributed by atoms with Gasteiger partial charge in [-0.25, -0.2) is 4.39 Å². The SMILES string of the molecule is CC(C)(C)C(CC1Cc2cc(F)ccc2O1)C(=O)O. The fourth-order valence-electron chi connectivity index (χ4n) is 2.51. The van der Waals surface area contributed by atoms with Crippen LogP contribution in [0.5, 0.6) is 5.75 Å². The van der Waals surface area contributed by atoms with Crippen LogP contribution in [0.25, 0.3) is 0 Å². The van der Waals surface area contributed by atoms with E-state index in [0.717, 1.165) is 5.56 Å². The topological polar surface area (TPSA) is 46.5 Å². The van der Waals surface area contributed by atoms with E-state index in [1.165, 1.54) is 12.1 Å². The summed E-state index contributed by atoms with van der Waals surface area (Å²) in [6, 6.07) is 4.43. The predicted octanol–water partition coefficient (Wildman–Crippen LogP) is 3.27. The van der Waals surface area contributed by atoms with Crippen molar-refractivity contribution in [2.24, 2.45) is 11.3 Å². The van der Waals surface area contributed by atoms with E-state index in [1.54, 1.807) is 6.07 Å². The second-order valence-electron chi connectivity index (χ2n) is 6.19. The van der Waals surface area contributed by atoms with Crippen LogP contribution in [0.3, 0.4) is 0 Å². The van der Waals surface area contributed by atoms with Crippen molar-refractivity contribution in [1.82, 2.24) is 0 Å². The molecule has 0 aliphatic carbocycles. The standard InChI is InChI=1S/C15H19FO3/c1-15(2,3)12(14(17)18)8-11-7-9-6-10(16)4-5-13(9)19-11/h4-6,11-12H,7-8H2,1-3H3,(H,17,18). The molecule has 1 aliphatic rings. The summed E-state index contributed by atoms with van der Waals surface area (Å²) in [6.45, 7) is 5.73. The molecule has 2 rings (SSSR count). The van der Waals surface area contributed by atoms with Gasteiger partial charge < -0.3 is 9.84 Å². The maximum absolute atomic E-state index is 13.1. The van der Waals surface area contributed by atoms with E-state index in [2.05, 4.69) is 0 Å². The van der Waals surface area contributed by atoms with E-state index in [9.17, 15) is 14.3 Å². The maximum atomic E-state index is 13.1. The van der Waals surface area contributed by atoms with E-state index in [-0.39, 0.29) is 17.3 Å². The lowest BCUT2D eigenvalue weighted by molar-refractivity contribution is -0.146. The number of benzene rings is 1. The molecule has 4 heteroatoms. The van der Waals surface area contributed by atoms with Crippen molar-refractivity contribution < 1.29 is 19.0 Å². The average molecular weight is 266 g/mol. The van der Waals surface area contributed by atoms with Gasteiger partial charge in [0, 0.05) is 12.0 Å². The number of carboxylic acid groups (broad SMARTS) is 1. The summed E-state index contributed by atoms with van der Waals surface area (Å²) in [4.78, 5) is 11.3. The lowest BCUT2D eigenvalue weighted by Gasteiger charge is -2.28. The first-order valence-electron chi connectivity index (χ1n) is 6.45. The Labute approximate surface area is 112 Å². The number of aliphatic carboxylic acids is 1. The lowest BCUT2D eigenvalue weighted by Crippen LogP contribution is -2.33. The molecule has 1 heterocycles. The summed E-state index contributed by atoms with van der Waals surface area (Å²) < 4.78 is 18.8. The van der Waals surface area contributed by atoms with E-state index in [1.807, 2.05) is 20.8 Å². The number of fused-ring (bicyclic) bond motifs is 1. The van der Waals surface area contributed by atoms with Gasteiger partial charge in [0.2, 0.25) is 0 Å². The highest BCUT2D eigenvalue weighted by Gasteiger charge is 2.36. The summed E-state index contributed by atoms with van der Waals surface area (Å²) in [5.74, 6) is -0.895. The van der Waals surface area contributed by atoms with Gasteiger partial charge in [-0.3, -0.25) is 4.79 Å². The third-order valence-corrected chi connectivity index (χ3v) is 3.61. The molecular formula is C15H19FO3. The van der Waals surface area contributed by atoms with Crippen LogP contribution >= 0.6 is 0 Å². The largest absolute Gasteiger partial charge is 0.490 e. The molecule has 104 valence electrons. The minimum Gasteiger partial charge on any atom is -0.490 e.